The van der Waals surface area contributed by atoms with E-state index in [2.05, 4.69) is 24.9 Å². The van der Waals surface area contributed by atoms with Crippen molar-refractivity contribution in [2.24, 2.45) is 10.4 Å². The Morgan fingerprint density at radius 2 is 1.97 bits per heavy atom. The van der Waals surface area contributed by atoms with Gasteiger partial charge in [-0.2, -0.15) is 0 Å². The van der Waals surface area contributed by atoms with Crippen LogP contribution in [-0.4, -0.2) is 52.0 Å². The van der Waals surface area contributed by atoms with E-state index in [0.29, 0.717) is 57.3 Å². The van der Waals surface area contributed by atoms with Crippen LogP contribution in [0.25, 0.3) is 0 Å². The maximum atomic E-state index is 13.2. The number of amides is 1. The first kappa shape index (κ1) is 26.5. The zero-order valence-electron chi connectivity index (χ0n) is 22.3. The number of nitrogens with zero attached hydrogens (tertiary/aromatic N) is 2. The van der Waals surface area contributed by atoms with Gasteiger partial charge in [-0.3, -0.25) is 9.79 Å². The minimum atomic E-state index is -0.893. The highest BCUT2D eigenvalue weighted by molar-refractivity contribution is 5.96. The number of carbonyl (C=O) groups is 1. The van der Waals surface area contributed by atoms with Crippen molar-refractivity contribution in [3.63, 3.8) is 0 Å². The Kier molecular flexibility index (Phi) is 7.38. The third kappa shape index (κ3) is 5.12. The largest absolute Gasteiger partial charge is 0.391 e. The van der Waals surface area contributed by atoms with Crippen molar-refractivity contribution < 1.29 is 19.4 Å². The average Bonchev–Trinajstić information content (AvgIpc) is 3.45. The van der Waals surface area contributed by atoms with E-state index in [1.807, 2.05) is 30.5 Å². The quantitative estimate of drug-likeness (QED) is 0.483. The molecule has 3 unspecified atom stereocenters. The van der Waals surface area contributed by atoms with Gasteiger partial charge in [0.15, 0.2) is 0 Å². The van der Waals surface area contributed by atoms with Crippen molar-refractivity contribution in [2.75, 3.05) is 13.1 Å². The van der Waals surface area contributed by atoms with E-state index in [1.165, 1.54) is 23.3 Å². The number of hydrogen-bond donors (Lipinski definition) is 2. The minimum absolute atomic E-state index is 0.0433. The zero-order valence-corrected chi connectivity index (χ0v) is 22.3. The first-order valence-corrected chi connectivity index (χ1v) is 13.6. The van der Waals surface area contributed by atoms with Gasteiger partial charge in [0.2, 0.25) is 0 Å². The summed E-state index contributed by atoms with van der Waals surface area (Å²) in [5.41, 5.74) is 4.83. The van der Waals surface area contributed by atoms with Crippen LogP contribution in [0.1, 0.15) is 67.4 Å². The Bertz CT molecular complexity index is 1300. The number of hydrogen-bond acceptors (Lipinski definition) is 4. The molecule has 2 aromatic rings. The maximum absolute atomic E-state index is 13.2. The molecule has 1 saturated carbocycles. The lowest BCUT2D eigenvalue weighted by molar-refractivity contribution is -0.0459. The molecule has 0 bridgehead atoms. The molecule has 0 radical (unpaired) electrons. The molecule has 2 aromatic carbocycles. The molecule has 200 valence electrons. The standard InChI is InChI=1S/C32H37FN2O3/c1-22-17-26-12-15-32(38,31(26,2)18-25(22)20-34-19-23-7-9-27(33)10-8-23)14-11-24-5-3-4-6-29(24)30(37)35-16-13-28(36)21-35/h3-10,17,20,28,36,38H,11-16,18-19,21H2,1-2H3/b34-20-. The number of allylic oxidation sites excluding steroid dienone is 3. The van der Waals surface area contributed by atoms with Crippen LogP contribution in [0.3, 0.4) is 0 Å². The number of halogens is 1. The van der Waals surface area contributed by atoms with E-state index >= 15 is 0 Å². The van der Waals surface area contributed by atoms with Gasteiger partial charge in [-0.25, -0.2) is 4.39 Å². The van der Waals surface area contributed by atoms with Crippen molar-refractivity contribution in [3.05, 3.63) is 93.8 Å². The van der Waals surface area contributed by atoms with E-state index < -0.39 is 17.1 Å². The fourth-order valence-electron chi connectivity index (χ4n) is 6.36. The van der Waals surface area contributed by atoms with E-state index in [4.69, 9.17) is 0 Å². The van der Waals surface area contributed by atoms with Crippen LogP contribution in [0.2, 0.25) is 0 Å². The van der Waals surface area contributed by atoms with Gasteiger partial charge < -0.3 is 15.1 Å². The van der Waals surface area contributed by atoms with E-state index in [-0.39, 0.29) is 11.7 Å². The first-order chi connectivity index (χ1) is 18.2. The lowest BCUT2D eigenvalue weighted by Gasteiger charge is -2.43. The number of fused-ring (bicyclic) bond motifs is 1. The first-order valence-electron chi connectivity index (χ1n) is 13.6. The van der Waals surface area contributed by atoms with Crippen LogP contribution in [0.15, 0.2) is 76.3 Å². The highest BCUT2D eigenvalue weighted by Crippen LogP contribution is 2.57. The molecule has 38 heavy (non-hydrogen) atoms. The monoisotopic (exact) mass is 516 g/mol. The third-order valence-corrected chi connectivity index (χ3v) is 8.93. The van der Waals surface area contributed by atoms with Crippen LogP contribution in [0.4, 0.5) is 4.39 Å². The van der Waals surface area contributed by atoms with Gasteiger partial charge >= 0.3 is 0 Å². The normalized spacial score (nSPS) is 27.2. The van der Waals surface area contributed by atoms with Crippen molar-refractivity contribution >= 4 is 12.1 Å². The summed E-state index contributed by atoms with van der Waals surface area (Å²) in [6.45, 7) is 5.69. The van der Waals surface area contributed by atoms with Crippen LogP contribution >= 0.6 is 0 Å². The van der Waals surface area contributed by atoms with Crippen molar-refractivity contribution in [1.82, 2.24) is 4.90 Å². The maximum Gasteiger partial charge on any atom is 0.254 e. The lowest BCUT2D eigenvalue weighted by atomic mass is 9.65. The topological polar surface area (TPSA) is 73.1 Å². The molecule has 3 aliphatic rings. The van der Waals surface area contributed by atoms with Crippen molar-refractivity contribution in [3.8, 4) is 0 Å². The second-order valence-electron chi connectivity index (χ2n) is 11.4. The van der Waals surface area contributed by atoms with Gasteiger partial charge in [0.1, 0.15) is 5.82 Å². The minimum Gasteiger partial charge on any atom is -0.391 e. The predicted octanol–water partition coefficient (Wildman–Crippen LogP) is 5.41. The Hall–Kier alpha value is -3.09. The van der Waals surface area contributed by atoms with Crippen LogP contribution < -0.4 is 0 Å². The second kappa shape index (κ2) is 10.6. The summed E-state index contributed by atoms with van der Waals surface area (Å²) < 4.78 is 13.2. The molecule has 5 nitrogen and oxygen atoms in total. The Morgan fingerprint density at radius 1 is 1.21 bits per heavy atom. The number of aliphatic hydroxyl groups excluding tert-OH is 1. The molecular formula is C32H37FN2O3. The Morgan fingerprint density at radius 3 is 2.71 bits per heavy atom. The molecule has 2 fully saturated rings. The number of aliphatic hydroxyl groups is 2. The molecule has 1 aliphatic heterocycles. The third-order valence-electron chi connectivity index (χ3n) is 8.93. The molecule has 6 heteroatoms. The number of likely N-dealkylation sites (tertiary alicyclic amines) is 1. The summed E-state index contributed by atoms with van der Waals surface area (Å²) >= 11 is 0. The second-order valence-corrected chi connectivity index (χ2v) is 11.4. The number of rotatable bonds is 7. The molecule has 1 heterocycles. The number of aliphatic imine (C=N–C) groups is 1. The van der Waals surface area contributed by atoms with Crippen molar-refractivity contribution in [1.29, 1.82) is 0 Å². The molecular weight excluding hydrogens is 479 g/mol. The van der Waals surface area contributed by atoms with Gasteiger partial charge in [0, 0.05) is 30.3 Å². The van der Waals surface area contributed by atoms with Gasteiger partial charge in [-0.05, 0) is 85.9 Å². The number of β-amino-alcohol motifs (C(OH)–C–C–N with tert-alkyl or cyclic N) is 1. The summed E-state index contributed by atoms with van der Waals surface area (Å²) in [4.78, 5) is 19.5. The lowest BCUT2D eigenvalue weighted by Crippen LogP contribution is -2.44. The highest BCUT2D eigenvalue weighted by Gasteiger charge is 2.54. The number of aryl methyl sites for hydroxylation is 1. The molecule has 0 aromatic heterocycles. The van der Waals surface area contributed by atoms with Gasteiger partial charge in [0.25, 0.3) is 5.91 Å². The van der Waals surface area contributed by atoms with E-state index in [0.717, 1.165) is 23.1 Å². The number of carbonyl (C=O) groups excluding carboxylic acids is 1. The Balaban J connectivity index is 1.30. The van der Waals surface area contributed by atoms with Crippen molar-refractivity contribution in [2.45, 2.75) is 70.6 Å². The van der Waals surface area contributed by atoms with Gasteiger partial charge in [-0.1, -0.05) is 48.9 Å². The zero-order chi connectivity index (χ0) is 26.9. The summed E-state index contributed by atoms with van der Waals surface area (Å²) in [5.74, 6) is -0.297. The highest BCUT2D eigenvalue weighted by atomic mass is 19.1. The molecule has 5 rings (SSSR count). The summed E-state index contributed by atoms with van der Waals surface area (Å²) in [5, 5.41) is 21.9. The van der Waals surface area contributed by atoms with Crippen LogP contribution in [0.5, 0.6) is 0 Å². The van der Waals surface area contributed by atoms with Gasteiger partial charge in [-0.15, -0.1) is 0 Å². The predicted molar refractivity (Wildman–Crippen MR) is 148 cm³/mol. The molecule has 2 N–H and O–H groups in total. The Labute approximate surface area is 224 Å². The SMILES string of the molecule is CC1=C(/C=N\Cc2ccc(F)cc2)CC2(C)C(=C1)CCC2(O)CCc1ccccc1C(=O)N1CCC(O)C1. The summed E-state index contributed by atoms with van der Waals surface area (Å²) in [6, 6.07) is 14.1. The average molecular weight is 517 g/mol. The molecule has 0 spiro atoms. The smallest absolute Gasteiger partial charge is 0.254 e. The number of benzene rings is 2. The summed E-state index contributed by atoms with van der Waals surface area (Å²) in [7, 11) is 0. The van der Waals surface area contributed by atoms with E-state index in [9.17, 15) is 19.4 Å². The van der Waals surface area contributed by atoms with Crippen LogP contribution in [0, 0.1) is 11.2 Å². The van der Waals surface area contributed by atoms with Gasteiger partial charge in [0.05, 0.1) is 18.2 Å². The molecule has 2 aliphatic carbocycles. The van der Waals surface area contributed by atoms with Crippen LogP contribution in [-0.2, 0) is 13.0 Å². The fourth-order valence-corrected chi connectivity index (χ4v) is 6.36. The summed E-state index contributed by atoms with van der Waals surface area (Å²) in [6.07, 6.45) is 7.72. The molecule has 3 atom stereocenters. The molecule has 1 saturated heterocycles. The fraction of sp³-hybridized carbons (Fsp3) is 0.438. The molecule has 1 amide bonds. The van der Waals surface area contributed by atoms with E-state index in [1.54, 1.807) is 17.0 Å².